The van der Waals surface area contributed by atoms with Gasteiger partial charge in [-0.15, -0.1) is 6.42 Å². The number of ether oxygens (including phenoxy) is 1. The Labute approximate surface area is 106 Å². The van der Waals surface area contributed by atoms with E-state index in [2.05, 4.69) is 23.1 Å². The van der Waals surface area contributed by atoms with E-state index < -0.39 is 0 Å². The second kappa shape index (κ2) is 8.52. The van der Waals surface area contributed by atoms with Gasteiger partial charge in [-0.3, -0.25) is 4.90 Å². The van der Waals surface area contributed by atoms with Crippen LogP contribution in [-0.4, -0.2) is 50.3 Å². The zero-order valence-corrected chi connectivity index (χ0v) is 11.2. The van der Waals surface area contributed by atoms with E-state index in [0.717, 1.165) is 26.2 Å². The van der Waals surface area contributed by atoms with Crippen LogP contribution in [0.15, 0.2) is 0 Å². The third-order valence-electron chi connectivity index (χ3n) is 3.38. The van der Waals surface area contributed by atoms with Gasteiger partial charge in [0.05, 0.1) is 13.2 Å². The van der Waals surface area contributed by atoms with Gasteiger partial charge in [-0.2, -0.15) is 0 Å². The summed E-state index contributed by atoms with van der Waals surface area (Å²) >= 11 is 0. The molecule has 1 aliphatic heterocycles. The maximum absolute atomic E-state index is 5.33. The van der Waals surface area contributed by atoms with E-state index in [0.29, 0.717) is 12.1 Å². The lowest BCUT2D eigenvalue weighted by atomic mass is 10.0. The Kier molecular flexibility index (Phi) is 7.27. The second-order valence-electron chi connectivity index (χ2n) is 4.86. The molecule has 0 aromatic carbocycles. The molecule has 0 radical (unpaired) electrons. The van der Waals surface area contributed by atoms with Gasteiger partial charge < -0.3 is 10.1 Å². The first kappa shape index (κ1) is 14.5. The molecule has 0 bridgehead atoms. The summed E-state index contributed by atoms with van der Waals surface area (Å²) in [5, 5.41) is 3.72. The number of nitrogens with zero attached hydrogens (tertiary/aromatic N) is 1. The number of hydrogen-bond acceptors (Lipinski definition) is 3. The Morgan fingerprint density at radius 3 is 2.71 bits per heavy atom. The molecular formula is C14H26N2O. The Balaban J connectivity index is 2.25. The molecule has 0 amide bonds. The molecule has 1 rings (SSSR count). The van der Waals surface area contributed by atoms with Gasteiger partial charge in [0.1, 0.15) is 0 Å². The average molecular weight is 238 g/mol. The van der Waals surface area contributed by atoms with Crippen LogP contribution in [0.25, 0.3) is 0 Å². The molecule has 0 spiro atoms. The minimum atomic E-state index is 0.509. The van der Waals surface area contributed by atoms with Gasteiger partial charge in [-0.05, 0) is 19.3 Å². The normalized spacial score (nSPS) is 20.1. The van der Waals surface area contributed by atoms with Crippen LogP contribution in [0.5, 0.6) is 0 Å². The molecule has 0 saturated carbocycles. The zero-order chi connectivity index (χ0) is 12.5. The first-order valence-corrected chi connectivity index (χ1v) is 6.71. The topological polar surface area (TPSA) is 24.5 Å². The monoisotopic (exact) mass is 238 g/mol. The average Bonchev–Trinajstić information content (AvgIpc) is 2.33. The van der Waals surface area contributed by atoms with Crippen LogP contribution < -0.4 is 5.32 Å². The fourth-order valence-corrected chi connectivity index (χ4v) is 2.48. The fraction of sp³-hybridized carbons (Fsp3) is 0.857. The van der Waals surface area contributed by atoms with Crippen molar-refractivity contribution in [1.29, 1.82) is 0 Å². The van der Waals surface area contributed by atoms with E-state index in [1.54, 1.807) is 7.11 Å². The molecule has 98 valence electrons. The first-order chi connectivity index (χ1) is 8.30. The van der Waals surface area contributed by atoms with Crippen molar-refractivity contribution in [2.24, 2.45) is 0 Å². The van der Waals surface area contributed by atoms with E-state index in [-0.39, 0.29) is 0 Å². The van der Waals surface area contributed by atoms with Gasteiger partial charge in [0.15, 0.2) is 0 Å². The van der Waals surface area contributed by atoms with Gasteiger partial charge in [-0.1, -0.05) is 19.3 Å². The van der Waals surface area contributed by atoms with Crippen LogP contribution in [0.2, 0.25) is 0 Å². The summed E-state index contributed by atoms with van der Waals surface area (Å²) in [6.45, 7) is 6.07. The molecular weight excluding hydrogens is 212 g/mol. The van der Waals surface area contributed by atoms with Gasteiger partial charge in [0, 0.05) is 32.3 Å². The first-order valence-electron chi connectivity index (χ1n) is 6.71. The van der Waals surface area contributed by atoms with Crippen molar-refractivity contribution in [2.45, 2.75) is 44.7 Å². The molecule has 1 saturated heterocycles. The van der Waals surface area contributed by atoms with E-state index in [4.69, 9.17) is 11.2 Å². The molecule has 17 heavy (non-hydrogen) atoms. The molecule has 0 aliphatic carbocycles. The highest BCUT2D eigenvalue weighted by Crippen LogP contribution is 2.11. The molecule has 1 atom stereocenters. The number of methoxy groups -OCH3 is 1. The van der Waals surface area contributed by atoms with Gasteiger partial charge in [0.2, 0.25) is 0 Å². The minimum absolute atomic E-state index is 0.509. The SMILES string of the molecule is C#CCN1CCC(NC(CCC)COC)CC1. The van der Waals surface area contributed by atoms with Crippen LogP contribution in [0.3, 0.4) is 0 Å². The molecule has 1 N–H and O–H groups in total. The Hall–Kier alpha value is -0.560. The molecule has 1 heterocycles. The Morgan fingerprint density at radius 2 is 2.18 bits per heavy atom. The van der Waals surface area contributed by atoms with Crippen LogP contribution in [-0.2, 0) is 4.74 Å². The third kappa shape index (κ3) is 5.54. The van der Waals surface area contributed by atoms with E-state index in [1.165, 1.54) is 25.7 Å². The maximum atomic E-state index is 5.33. The minimum Gasteiger partial charge on any atom is -0.383 e. The van der Waals surface area contributed by atoms with Crippen molar-refractivity contribution in [3.05, 3.63) is 0 Å². The van der Waals surface area contributed by atoms with E-state index in [1.807, 2.05) is 0 Å². The van der Waals surface area contributed by atoms with Crippen molar-refractivity contribution in [3.8, 4) is 12.3 Å². The zero-order valence-electron chi connectivity index (χ0n) is 11.2. The summed E-state index contributed by atoms with van der Waals surface area (Å²) in [6.07, 6.45) is 10.1. The Morgan fingerprint density at radius 1 is 1.47 bits per heavy atom. The van der Waals surface area contributed by atoms with Crippen LogP contribution >= 0.6 is 0 Å². The highest BCUT2D eigenvalue weighted by Gasteiger charge is 2.20. The lowest BCUT2D eigenvalue weighted by Gasteiger charge is -2.33. The van der Waals surface area contributed by atoms with Crippen molar-refractivity contribution in [2.75, 3.05) is 33.4 Å². The summed E-state index contributed by atoms with van der Waals surface area (Å²) in [5.41, 5.74) is 0. The summed E-state index contributed by atoms with van der Waals surface area (Å²) in [4.78, 5) is 2.35. The molecule has 0 aromatic heterocycles. The van der Waals surface area contributed by atoms with Gasteiger partial charge >= 0.3 is 0 Å². The highest BCUT2D eigenvalue weighted by atomic mass is 16.5. The van der Waals surface area contributed by atoms with Gasteiger partial charge in [-0.25, -0.2) is 0 Å². The van der Waals surface area contributed by atoms with E-state index in [9.17, 15) is 0 Å². The molecule has 3 nitrogen and oxygen atoms in total. The molecule has 1 aliphatic rings. The van der Waals surface area contributed by atoms with Crippen LogP contribution in [0, 0.1) is 12.3 Å². The summed E-state index contributed by atoms with van der Waals surface area (Å²) in [7, 11) is 1.78. The number of nitrogens with one attached hydrogen (secondary N) is 1. The lowest BCUT2D eigenvalue weighted by Crippen LogP contribution is -2.47. The Bertz CT molecular complexity index is 223. The highest BCUT2D eigenvalue weighted by molar-refractivity contribution is 4.90. The molecule has 3 heteroatoms. The van der Waals surface area contributed by atoms with Gasteiger partial charge in [0.25, 0.3) is 0 Å². The predicted octanol–water partition coefficient (Wildman–Crippen LogP) is 1.49. The standard InChI is InChI=1S/C14H26N2O/c1-4-6-14(12-17-3)15-13-7-10-16(9-5-2)11-8-13/h2,13-15H,4,6-12H2,1,3H3. The van der Waals surface area contributed by atoms with Crippen molar-refractivity contribution < 1.29 is 4.74 Å². The lowest BCUT2D eigenvalue weighted by molar-refractivity contribution is 0.141. The number of likely N-dealkylation sites (tertiary alicyclic amines) is 1. The number of piperidine rings is 1. The largest absolute Gasteiger partial charge is 0.383 e. The van der Waals surface area contributed by atoms with Crippen LogP contribution in [0.4, 0.5) is 0 Å². The predicted molar refractivity (Wildman–Crippen MR) is 72.0 cm³/mol. The van der Waals surface area contributed by atoms with E-state index >= 15 is 0 Å². The quantitative estimate of drug-likeness (QED) is 0.680. The number of terminal acetylenes is 1. The summed E-state index contributed by atoms with van der Waals surface area (Å²) < 4.78 is 5.26. The number of hydrogen-bond donors (Lipinski definition) is 1. The second-order valence-corrected chi connectivity index (χ2v) is 4.86. The third-order valence-corrected chi connectivity index (χ3v) is 3.38. The maximum Gasteiger partial charge on any atom is 0.0615 e. The number of rotatable bonds is 7. The summed E-state index contributed by atoms with van der Waals surface area (Å²) in [5.74, 6) is 2.72. The summed E-state index contributed by atoms with van der Waals surface area (Å²) in [6, 6.07) is 1.14. The molecule has 0 aromatic rings. The molecule has 1 unspecified atom stereocenters. The molecule has 1 fully saturated rings. The van der Waals surface area contributed by atoms with Crippen molar-refractivity contribution in [3.63, 3.8) is 0 Å². The fourth-order valence-electron chi connectivity index (χ4n) is 2.48. The smallest absolute Gasteiger partial charge is 0.0615 e. The van der Waals surface area contributed by atoms with Crippen LogP contribution in [0.1, 0.15) is 32.6 Å². The van der Waals surface area contributed by atoms with Crippen molar-refractivity contribution in [1.82, 2.24) is 10.2 Å². The van der Waals surface area contributed by atoms with Crippen molar-refractivity contribution >= 4 is 0 Å².